The third-order valence-electron chi connectivity index (χ3n) is 2.21. The Balaban J connectivity index is 2.58. The van der Waals surface area contributed by atoms with E-state index < -0.39 is 10.1 Å². The van der Waals surface area contributed by atoms with E-state index in [4.69, 9.17) is 4.55 Å². The molecule has 1 rings (SSSR count). The molecule has 0 unspecified atom stereocenters. The number of carbonyl (C=O) groups excluding carboxylic acids is 1. The van der Waals surface area contributed by atoms with Gasteiger partial charge in [-0.2, -0.15) is 8.42 Å². The quantitative estimate of drug-likeness (QED) is 0.569. The highest BCUT2D eigenvalue weighted by atomic mass is 32.2. The maximum atomic E-state index is 11.6. The number of carbonyl (C=O) groups is 1. The van der Waals surface area contributed by atoms with Crippen molar-refractivity contribution in [2.75, 3.05) is 19.8 Å². The van der Waals surface area contributed by atoms with E-state index in [0.29, 0.717) is 12.1 Å². The minimum absolute atomic E-state index is 0.146. The van der Waals surface area contributed by atoms with Gasteiger partial charge in [0.15, 0.2) is 12.7 Å². The number of amides is 1. The van der Waals surface area contributed by atoms with Crippen LogP contribution in [0.15, 0.2) is 18.5 Å². The van der Waals surface area contributed by atoms with E-state index in [1.54, 1.807) is 26.4 Å². The van der Waals surface area contributed by atoms with Crippen LogP contribution in [0.4, 0.5) is 0 Å². The Kier molecular flexibility index (Phi) is 4.74. The molecule has 0 aliphatic heterocycles. The van der Waals surface area contributed by atoms with Crippen LogP contribution < -0.4 is 4.68 Å². The van der Waals surface area contributed by atoms with E-state index in [9.17, 15) is 13.2 Å². The standard InChI is InChI=1S/C10H15N3O4S/c1-12(2)10(14)9-4-6-13(11-8-9)5-3-7-18(15,16)17/h4,6,8H,3,5,7H2,1-2H3/p+1. The van der Waals surface area contributed by atoms with Gasteiger partial charge in [-0.05, 0) is 5.10 Å². The summed E-state index contributed by atoms with van der Waals surface area (Å²) in [5.74, 6) is -0.451. The fourth-order valence-corrected chi connectivity index (χ4v) is 1.80. The zero-order valence-electron chi connectivity index (χ0n) is 10.3. The largest absolute Gasteiger partial charge is 0.345 e. The first kappa shape index (κ1) is 14.5. The van der Waals surface area contributed by atoms with Crippen LogP contribution in [-0.4, -0.2) is 48.7 Å². The number of rotatable bonds is 5. The van der Waals surface area contributed by atoms with Crippen molar-refractivity contribution >= 4 is 16.0 Å². The van der Waals surface area contributed by atoms with Crippen LogP contribution in [0.5, 0.6) is 0 Å². The molecule has 0 aromatic carbocycles. The van der Waals surface area contributed by atoms with Crippen molar-refractivity contribution in [2.24, 2.45) is 0 Å². The molecule has 18 heavy (non-hydrogen) atoms. The van der Waals surface area contributed by atoms with Crippen molar-refractivity contribution < 1.29 is 22.4 Å². The third-order valence-corrected chi connectivity index (χ3v) is 3.02. The molecule has 0 radical (unpaired) electrons. The van der Waals surface area contributed by atoms with Crippen LogP contribution in [0.1, 0.15) is 16.8 Å². The number of aromatic nitrogens is 2. The van der Waals surface area contributed by atoms with Crippen LogP contribution in [0.3, 0.4) is 0 Å². The molecule has 0 bridgehead atoms. The molecule has 1 aromatic heterocycles. The monoisotopic (exact) mass is 274 g/mol. The summed E-state index contributed by atoms with van der Waals surface area (Å²) < 4.78 is 31.1. The molecule has 0 saturated heterocycles. The maximum Gasteiger partial charge on any atom is 0.265 e. The van der Waals surface area contributed by atoms with Crippen LogP contribution in [0.25, 0.3) is 0 Å². The van der Waals surface area contributed by atoms with E-state index in [1.165, 1.54) is 15.8 Å². The first-order valence-corrected chi connectivity index (χ1v) is 6.93. The molecule has 100 valence electrons. The summed E-state index contributed by atoms with van der Waals surface area (Å²) in [4.78, 5) is 13.0. The average molecular weight is 274 g/mol. The second-order valence-corrected chi connectivity index (χ2v) is 5.59. The van der Waals surface area contributed by atoms with Crippen molar-refractivity contribution in [3.63, 3.8) is 0 Å². The normalized spacial score (nSPS) is 11.3. The lowest BCUT2D eigenvalue weighted by Gasteiger charge is -2.08. The topological polar surface area (TPSA) is 91.5 Å². The van der Waals surface area contributed by atoms with E-state index in [2.05, 4.69) is 5.10 Å². The SMILES string of the molecule is CN(C)C(=O)c1cc[n+](CCCS(=O)(=O)O)nc1. The lowest BCUT2D eigenvalue weighted by molar-refractivity contribution is -0.753. The highest BCUT2D eigenvalue weighted by molar-refractivity contribution is 7.85. The Labute approximate surface area is 106 Å². The lowest BCUT2D eigenvalue weighted by atomic mass is 10.3. The first-order chi connectivity index (χ1) is 8.29. The summed E-state index contributed by atoms with van der Waals surface area (Å²) >= 11 is 0. The van der Waals surface area contributed by atoms with E-state index in [-0.39, 0.29) is 18.1 Å². The predicted molar refractivity (Wildman–Crippen MR) is 63.5 cm³/mol. The van der Waals surface area contributed by atoms with Gasteiger partial charge in [0.1, 0.15) is 6.20 Å². The van der Waals surface area contributed by atoms with Crippen LogP contribution >= 0.6 is 0 Å². The van der Waals surface area contributed by atoms with Crippen molar-refractivity contribution in [3.8, 4) is 0 Å². The Bertz CT molecular complexity index is 510. The molecule has 0 atom stereocenters. The van der Waals surface area contributed by atoms with Gasteiger partial charge in [0, 0.05) is 26.6 Å². The molecule has 7 nitrogen and oxygen atoms in total. The smallest absolute Gasteiger partial charge is 0.265 e. The maximum absolute atomic E-state index is 11.6. The summed E-state index contributed by atoms with van der Waals surface area (Å²) in [5, 5.41) is 3.99. The Hall–Kier alpha value is -1.54. The molecule has 0 aliphatic rings. The lowest BCUT2D eigenvalue weighted by Crippen LogP contribution is -2.38. The van der Waals surface area contributed by atoms with Gasteiger partial charge in [-0.1, -0.05) is 4.68 Å². The van der Waals surface area contributed by atoms with Crippen molar-refractivity contribution in [2.45, 2.75) is 13.0 Å². The molecule has 0 aliphatic carbocycles. The molecular weight excluding hydrogens is 258 g/mol. The molecule has 8 heteroatoms. The van der Waals surface area contributed by atoms with Gasteiger partial charge >= 0.3 is 0 Å². The zero-order valence-corrected chi connectivity index (χ0v) is 11.1. The Morgan fingerprint density at radius 3 is 2.61 bits per heavy atom. The number of hydrogen-bond acceptors (Lipinski definition) is 4. The Morgan fingerprint density at radius 1 is 1.50 bits per heavy atom. The summed E-state index contributed by atoms with van der Waals surface area (Å²) in [7, 11) is -0.632. The summed E-state index contributed by atoms with van der Waals surface area (Å²) in [6, 6.07) is 1.61. The van der Waals surface area contributed by atoms with Gasteiger partial charge in [-0.3, -0.25) is 9.35 Å². The first-order valence-electron chi connectivity index (χ1n) is 5.32. The zero-order chi connectivity index (χ0) is 13.8. The van der Waals surface area contributed by atoms with Gasteiger partial charge in [0.05, 0.1) is 11.3 Å². The number of hydrogen-bond donors (Lipinski definition) is 1. The molecule has 1 N–H and O–H groups in total. The molecule has 0 spiro atoms. The predicted octanol–water partition coefficient (Wildman–Crippen LogP) is -0.651. The van der Waals surface area contributed by atoms with Crippen LogP contribution in [0, 0.1) is 0 Å². The van der Waals surface area contributed by atoms with E-state index >= 15 is 0 Å². The van der Waals surface area contributed by atoms with Crippen LogP contribution in [0.2, 0.25) is 0 Å². The van der Waals surface area contributed by atoms with Gasteiger partial charge in [0.25, 0.3) is 16.0 Å². The third kappa shape index (κ3) is 4.76. The molecule has 0 saturated carbocycles. The summed E-state index contributed by atoms with van der Waals surface area (Å²) in [5.41, 5.74) is 0.464. The fraction of sp³-hybridized carbons (Fsp3) is 0.500. The highest BCUT2D eigenvalue weighted by Crippen LogP contribution is 1.97. The second-order valence-electron chi connectivity index (χ2n) is 4.02. The summed E-state index contributed by atoms with van der Waals surface area (Å²) in [6.45, 7) is 0.357. The highest BCUT2D eigenvalue weighted by Gasteiger charge is 2.12. The molecule has 1 heterocycles. The second kappa shape index (κ2) is 5.87. The van der Waals surface area contributed by atoms with Crippen molar-refractivity contribution in [3.05, 3.63) is 24.0 Å². The minimum atomic E-state index is -3.93. The molecule has 1 amide bonds. The van der Waals surface area contributed by atoms with Gasteiger partial charge in [-0.15, -0.1) is 0 Å². The molecular formula is C10H16N3O4S+. The number of nitrogens with zero attached hydrogens (tertiary/aromatic N) is 3. The van der Waals surface area contributed by atoms with Gasteiger partial charge < -0.3 is 4.90 Å². The molecule has 0 fully saturated rings. The van der Waals surface area contributed by atoms with Crippen molar-refractivity contribution in [1.82, 2.24) is 10.00 Å². The van der Waals surface area contributed by atoms with Gasteiger partial charge in [-0.25, -0.2) is 0 Å². The molecule has 1 aromatic rings. The average Bonchev–Trinajstić information content (AvgIpc) is 2.27. The minimum Gasteiger partial charge on any atom is -0.345 e. The fourth-order valence-electron chi connectivity index (χ4n) is 1.31. The Morgan fingerprint density at radius 2 is 2.17 bits per heavy atom. The van der Waals surface area contributed by atoms with Gasteiger partial charge in [0.2, 0.25) is 0 Å². The summed E-state index contributed by atoms with van der Waals surface area (Å²) in [6.07, 6.45) is 3.29. The van der Waals surface area contributed by atoms with Crippen LogP contribution in [-0.2, 0) is 16.7 Å². The van der Waals surface area contributed by atoms with E-state index in [1.807, 2.05) is 0 Å². The number of aryl methyl sites for hydroxylation is 1. The van der Waals surface area contributed by atoms with E-state index in [0.717, 1.165) is 0 Å². The van der Waals surface area contributed by atoms with Crippen molar-refractivity contribution in [1.29, 1.82) is 0 Å².